The van der Waals surface area contributed by atoms with Crippen molar-refractivity contribution in [2.45, 2.75) is 13.8 Å². The van der Waals surface area contributed by atoms with E-state index >= 15 is 0 Å². The van der Waals surface area contributed by atoms with Crippen molar-refractivity contribution in [1.82, 2.24) is 9.97 Å². The molecule has 0 radical (unpaired) electrons. The second kappa shape index (κ2) is 7.82. The summed E-state index contributed by atoms with van der Waals surface area (Å²) in [5.74, 6) is -0.115. The minimum absolute atomic E-state index is 0.0557. The fourth-order valence-electron chi connectivity index (χ4n) is 2.49. The van der Waals surface area contributed by atoms with Crippen LogP contribution in [0.15, 0.2) is 42.5 Å². The van der Waals surface area contributed by atoms with Gasteiger partial charge in [0.25, 0.3) is 5.91 Å². The van der Waals surface area contributed by atoms with Gasteiger partial charge in [0, 0.05) is 28.3 Å². The predicted molar refractivity (Wildman–Crippen MR) is 107 cm³/mol. The lowest BCUT2D eigenvalue weighted by Gasteiger charge is -2.10. The van der Waals surface area contributed by atoms with Crippen LogP contribution in [0, 0.1) is 13.8 Å². The van der Waals surface area contributed by atoms with Crippen LogP contribution in [0.2, 0.25) is 10.0 Å². The molecule has 1 aromatic heterocycles. The molecule has 0 saturated carbocycles. The van der Waals surface area contributed by atoms with Crippen molar-refractivity contribution in [1.29, 1.82) is 0 Å². The van der Waals surface area contributed by atoms with Gasteiger partial charge in [-0.15, -0.1) is 0 Å². The Labute approximate surface area is 166 Å². The average Bonchev–Trinajstić information content (AvgIpc) is 2.59. The molecule has 0 bridgehead atoms. The lowest BCUT2D eigenvalue weighted by molar-refractivity contribution is 0.102. The Morgan fingerprint density at radius 1 is 0.963 bits per heavy atom. The molecule has 3 rings (SSSR count). The van der Waals surface area contributed by atoms with Crippen molar-refractivity contribution >= 4 is 46.4 Å². The summed E-state index contributed by atoms with van der Waals surface area (Å²) in [6.45, 7) is 3.77. The monoisotopic (exact) mass is 402 g/mol. The summed E-state index contributed by atoms with van der Waals surface area (Å²) >= 11 is 11.8. The fraction of sp³-hybridized carbons (Fsp3) is 0.105. The number of aryl methyl sites for hydroxylation is 2. The molecule has 3 aromatic rings. The molecule has 3 N–H and O–H groups in total. The third kappa shape index (κ3) is 4.67. The number of nitrogens with one attached hydrogen (secondary N) is 2. The first-order valence-corrected chi connectivity index (χ1v) is 8.76. The maximum absolute atomic E-state index is 12.5. The largest absolute Gasteiger partial charge is 0.505 e. The van der Waals surface area contributed by atoms with Crippen LogP contribution < -0.4 is 10.6 Å². The zero-order chi connectivity index (χ0) is 19.6. The van der Waals surface area contributed by atoms with Crippen LogP contribution in [0.25, 0.3) is 0 Å². The van der Waals surface area contributed by atoms with Crippen LogP contribution in [-0.2, 0) is 0 Å². The van der Waals surface area contributed by atoms with Crippen LogP contribution in [0.4, 0.5) is 17.3 Å². The van der Waals surface area contributed by atoms with E-state index in [1.165, 1.54) is 12.1 Å². The average molecular weight is 403 g/mol. The number of nitrogens with zero attached hydrogens (tertiary/aromatic N) is 2. The molecule has 0 fully saturated rings. The van der Waals surface area contributed by atoms with Crippen LogP contribution >= 0.6 is 23.2 Å². The third-order valence-corrected chi connectivity index (χ3v) is 4.21. The highest BCUT2D eigenvalue weighted by Gasteiger charge is 2.11. The normalized spacial score (nSPS) is 10.5. The van der Waals surface area contributed by atoms with Crippen molar-refractivity contribution in [3.63, 3.8) is 0 Å². The SMILES string of the molecule is Cc1cc(C)nc(Nc2cccc(C(=O)Nc3cc(Cl)c(O)c(Cl)c3)c2)n1. The molecular formula is C19H16Cl2N4O2. The van der Waals surface area contributed by atoms with E-state index in [1.807, 2.05) is 26.0 Å². The topological polar surface area (TPSA) is 87.1 Å². The van der Waals surface area contributed by atoms with Gasteiger partial charge in [0.15, 0.2) is 5.75 Å². The number of aromatic nitrogens is 2. The van der Waals surface area contributed by atoms with E-state index in [4.69, 9.17) is 23.2 Å². The summed E-state index contributed by atoms with van der Waals surface area (Å²) in [5.41, 5.74) is 3.17. The van der Waals surface area contributed by atoms with Gasteiger partial charge >= 0.3 is 0 Å². The lowest BCUT2D eigenvalue weighted by Crippen LogP contribution is -2.12. The molecule has 8 heteroatoms. The van der Waals surface area contributed by atoms with E-state index in [2.05, 4.69) is 20.6 Å². The zero-order valence-electron chi connectivity index (χ0n) is 14.5. The number of carbonyl (C=O) groups excluding carboxylic acids is 1. The number of anilines is 3. The van der Waals surface area contributed by atoms with Crippen molar-refractivity contribution < 1.29 is 9.90 Å². The van der Waals surface area contributed by atoms with Gasteiger partial charge in [0.1, 0.15) is 0 Å². The standard InChI is InChI=1S/C19H16Cl2N4O2/c1-10-6-11(2)23-19(22-10)25-13-5-3-4-12(7-13)18(27)24-14-8-15(20)17(26)16(21)9-14/h3-9,26H,1-2H3,(H,24,27)(H,22,23,25). The predicted octanol–water partition coefficient (Wildman–Crippen LogP) is 5.10. The molecule has 0 saturated heterocycles. The number of phenolic OH excluding ortho intramolecular Hbond substituents is 1. The maximum Gasteiger partial charge on any atom is 0.255 e. The number of hydrogen-bond acceptors (Lipinski definition) is 5. The second-order valence-electron chi connectivity index (χ2n) is 5.92. The van der Waals surface area contributed by atoms with Gasteiger partial charge in [0.05, 0.1) is 10.0 Å². The molecule has 0 atom stereocenters. The van der Waals surface area contributed by atoms with E-state index in [9.17, 15) is 9.90 Å². The Morgan fingerprint density at radius 3 is 2.22 bits per heavy atom. The Hall–Kier alpha value is -2.83. The highest BCUT2D eigenvalue weighted by molar-refractivity contribution is 6.37. The first kappa shape index (κ1) is 18.9. The number of benzene rings is 2. The quantitative estimate of drug-likeness (QED) is 0.528. The molecule has 0 spiro atoms. The molecule has 27 heavy (non-hydrogen) atoms. The summed E-state index contributed by atoms with van der Waals surface area (Å²) in [4.78, 5) is 21.2. The number of phenols is 1. The van der Waals surface area contributed by atoms with Gasteiger partial charge in [-0.25, -0.2) is 9.97 Å². The Bertz CT molecular complexity index is 981. The molecule has 0 aliphatic carbocycles. The molecule has 1 amide bonds. The van der Waals surface area contributed by atoms with Gasteiger partial charge in [0.2, 0.25) is 5.95 Å². The highest BCUT2D eigenvalue weighted by atomic mass is 35.5. The summed E-state index contributed by atoms with van der Waals surface area (Å²) in [5, 5.41) is 15.5. The smallest absolute Gasteiger partial charge is 0.255 e. The van der Waals surface area contributed by atoms with Crippen LogP contribution in [0.1, 0.15) is 21.7 Å². The molecule has 0 aliphatic heterocycles. The van der Waals surface area contributed by atoms with Crippen LogP contribution in [-0.4, -0.2) is 21.0 Å². The van der Waals surface area contributed by atoms with E-state index in [1.54, 1.807) is 18.2 Å². The Balaban J connectivity index is 1.79. The van der Waals surface area contributed by atoms with Crippen molar-refractivity contribution in [2.24, 2.45) is 0 Å². The van der Waals surface area contributed by atoms with E-state index in [0.717, 1.165) is 11.4 Å². The van der Waals surface area contributed by atoms with Gasteiger partial charge < -0.3 is 15.7 Å². The Kier molecular flexibility index (Phi) is 5.48. The number of hydrogen-bond donors (Lipinski definition) is 3. The molecular weight excluding hydrogens is 387 g/mol. The van der Waals surface area contributed by atoms with E-state index in [-0.39, 0.29) is 21.7 Å². The summed E-state index contributed by atoms with van der Waals surface area (Å²) in [6, 6.07) is 11.6. The molecule has 6 nitrogen and oxygen atoms in total. The van der Waals surface area contributed by atoms with Gasteiger partial charge in [-0.05, 0) is 50.2 Å². The van der Waals surface area contributed by atoms with Gasteiger partial charge in [-0.2, -0.15) is 0 Å². The summed E-state index contributed by atoms with van der Waals surface area (Å²) in [7, 11) is 0. The third-order valence-electron chi connectivity index (χ3n) is 3.64. The minimum atomic E-state index is -0.349. The van der Waals surface area contributed by atoms with Crippen molar-refractivity contribution in [3.05, 3.63) is 69.5 Å². The minimum Gasteiger partial charge on any atom is -0.505 e. The van der Waals surface area contributed by atoms with Crippen LogP contribution in [0.5, 0.6) is 5.75 Å². The maximum atomic E-state index is 12.5. The lowest BCUT2D eigenvalue weighted by atomic mass is 10.2. The summed E-state index contributed by atoms with van der Waals surface area (Å²) < 4.78 is 0. The highest BCUT2D eigenvalue weighted by Crippen LogP contribution is 2.34. The zero-order valence-corrected chi connectivity index (χ0v) is 16.1. The van der Waals surface area contributed by atoms with E-state index in [0.29, 0.717) is 22.9 Å². The first-order chi connectivity index (χ1) is 12.8. The fourth-order valence-corrected chi connectivity index (χ4v) is 2.98. The first-order valence-electron chi connectivity index (χ1n) is 8.00. The molecule has 0 unspecified atom stereocenters. The number of aromatic hydroxyl groups is 1. The van der Waals surface area contributed by atoms with Gasteiger partial charge in [-0.1, -0.05) is 29.3 Å². The molecule has 1 heterocycles. The molecule has 2 aromatic carbocycles. The van der Waals surface area contributed by atoms with Crippen LogP contribution in [0.3, 0.4) is 0 Å². The van der Waals surface area contributed by atoms with Gasteiger partial charge in [-0.3, -0.25) is 4.79 Å². The summed E-state index contributed by atoms with van der Waals surface area (Å²) in [6.07, 6.45) is 0. The number of halogens is 2. The Morgan fingerprint density at radius 2 is 1.59 bits per heavy atom. The second-order valence-corrected chi connectivity index (χ2v) is 6.74. The molecule has 138 valence electrons. The van der Waals surface area contributed by atoms with E-state index < -0.39 is 0 Å². The van der Waals surface area contributed by atoms with Crippen molar-refractivity contribution in [2.75, 3.05) is 10.6 Å². The number of amides is 1. The number of rotatable bonds is 4. The van der Waals surface area contributed by atoms with Crippen molar-refractivity contribution in [3.8, 4) is 5.75 Å². The molecule has 0 aliphatic rings. The number of carbonyl (C=O) groups is 1.